The minimum atomic E-state index is -0.993. The molecule has 110 valence electrons. The van der Waals surface area contributed by atoms with Crippen LogP contribution in [0.1, 0.15) is 19.8 Å². The first-order valence-corrected chi connectivity index (χ1v) is 6.38. The summed E-state index contributed by atoms with van der Waals surface area (Å²) in [5, 5.41) is 19.2. The highest BCUT2D eigenvalue weighted by molar-refractivity contribution is 5.72. The molecule has 0 radical (unpaired) electrons. The Bertz CT molecular complexity index is 418. The summed E-state index contributed by atoms with van der Waals surface area (Å²) < 4.78 is 0. The molecule has 1 rings (SSSR count). The van der Waals surface area contributed by atoms with Crippen LogP contribution >= 0.6 is 0 Å². The Hall–Kier alpha value is -1.91. The zero-order valence-corrected chi connectivity index (χ0v) is 11.5. The number of rotatable bonds is 6. The van der Waals surface area contributed by atoms with E-state index >= 15 is 0 Å². The molecule has 1 aliphatic rings. The summed E-state index contributed by atoms with van der Waals surface area (Å²) in [4.78, 5) is 29.3. The zero-order chi connectivity index (χ0) is 15.1. The van der Waals surface area contributed by atoms with Crippen LogP contribution in [0.5, 0.6) is 0 Å². The van der Waals surface area contributed by atoms with Crippen molar-refractivity contribution in [1.29, 1.82) is 5.26 Å². The fourth-order valence-corrected chi connectivity index (χ4v) is 2.29. The van der Waals surface area contributed by atoms with E-state index in [1.165, 1.54) is 18.1 Å². The molecule has 20 heavy (non-hydrogen) atoms. The molecule has 0 saturated carbocycles. The molecule has 1 aliphatic heterocycles. The van der Waals surface area contributed by atoms with Gasteiger partial charge in [-0.2, -0.15) is 5.26 Å². The van der Waals surface area contributed by atoms with Gasteiger partial charge in [0.1, 0.15) is 0 Å². The fraction of sp³-hybridized carbons (Fsp3) is 0.615. The molecule has 0 aromatic carbocycles. The van der Waals surface area contributed by atoms with Crippen LogP contribution in [0.2, 0.25) is 0 Å². The third-order valence-electron chi connectivity index (χ3n) is 3.12. The maximum atomic E-state index is 11.6. The van der Waals surface area contributed by atoms with Crippen LogP contribution in [0.15, 0.2) is 12.7 Å². The van der Waals surface area contributed by atoms with Gasteiger partial charge in [0.05, 0.1) is 31.3 Å². The Kier molecular flexibility index (Phi) is 6.15. The lowest BCUT2D eigenvalue weighted by Gasteiger charge is -2.39. The topological polar surface area (TPSA) is 93.9 Å². The summed E-state index contributed by atoms with van der Waals surface area (Å²) in [5.74, 6) is -1.24. The van der Waals surface area contributed by atoms with E-state index in [9.17, 15) is 9.59 Å². The molecule has 0 spiro atoms. The number of hydrogen-bond acceptors (Lipinski definition) is 5. The van der Waals surface area contributed by atoms with Gasteiger partial charge >= 0.3 is 5.97 Å². The summed E-state index contributed by atoms with van der Waals surface area (Å²) in [7, 11) is 0. The largest absolute Gasteiger partial charge is 0.480 e. The Morgan fingerprint density at radius 3 is 2.80 bits per heavy atom. The lowest BCUT2D eigenvalue weighted by Crippen LogP contribution is -2.53. The maximum absolute atomic E-state index is 11.6. The van der Waals surface area contributed by atoms with Crippen molar-refractivity contribution < 1.29 is 19.5 Å². The molecule has 1 fully saturated rings. The number of nitrogens with zero attached hydrogens (tertiary/aromatic N) is 3. The normalized spacial score (nSPS) is 22.8. The summed E-state index contributed by atoms with van der Waals surface area (Å²) in [6, 6.07) is 1.41. The minimum absolute atomic E-state index is 0.205. The number of carbonyl (C=O) groups is 2. The zero-order valence-electron chi connectivity index (χ0n) is 11.5. The first kappa shape index (κ1) is 16.1. The first-order valence-electron chi connectivity index (χ1n) is 6.38. The fourth-order valence-electron chi connectivity index (χ4n) is 2.29. The number of amides is 1. The highest BCUT2D eigenvalue weighted by atomic mass is 16.7. The molecule has 1 saturated heterocycles. The van der Waals surface area contributed by atoms with Crippen molar-refractivity contribution in [2.45, 2.75) is 31.8 Å². The molecular weight excluding hydrogens is 262 g/mol. The summed E-state index contributed by atoms with van der Waals surface area (Å²) in [5.41, 5.74) is 0. The molecule has 1 heterocycles. The third kappa shape index (κ3) is 4.33. The van der Waals surface area contributed by atoms with Crippen LogP contribution in [0, 0.1) is 11.3 Å². The van der Waals surface area contributed by atoms with Gasteiger partial charge in [0.15, 0.2) is 0 Å². The molecule has 2 unspecified atom stereocenters. The molecule has 7 nitrogen and oxygen atoms in total. The summed E-state index contributed by atoms with van der Waals surface area (Å²) >= 11 is 0. The van der Waals surface area contributed by atoms with Gasteiger partial charge in [-0.15, -0.1) is 6.58 Å². The van der Waals surface area contributed by atoms with Gasteiger partial charge in [-0.3, -0.25) is 19.3 Å². The van der Waals surface area contributed by atoms with Crippen molar-refractivity contribution in [3.63, 3.8) is 0 Å². The van der Waals surface area contributed by atoms with Crippen molar-refractivity contribution in [2.24, 2.45) is 0 Å². The van der Waals surface area contributed by atoms with Crippen LogP contribution in [0.25, 0.3) is 0 Å². The number of piperidine rings is 1. The Balaban J connectivity index is 2.75. The highest BCUT2D eigenvalue weighted by Gasteiger charge is 2.34. The van der Waals surface area contributed by atoms with Crippen LogP contribution in [0.4, 0.5) is 0 Å². The van der Waals surface area contributed by atoms with Crippen molar-refractivity contribution >= 4 is 11.9 Å². The van der Waals surface area contributed by atoms with E-state index in [0.29, 0.717) is 19.4 Å². The number of carboxylic acids is 1. The molecule has 1 amide bonds. The van der Waals surface area contributed by atoms with Gasteiger partial charge < -0.3 is 5.11 Å². The van der Waals surface area contributed by atoms with E-state index < -0.39 is 12.0 Å². The van der Waals surface area contributed by atoms with E-state index in [-0.39, 0.29) is 25.1 Å². The lowest BCUT2D eigenvalue weighted by atomic mass is 9.98. The van der Waals surface area contributed by atoms with Crippen LogP contribution < -0.4 is 0 Å². The SMILES string of the molecule is C=CCON(C(C)=O)C1CCC(C#N)N(CC(=O)O)C1. The average Bonchev–Trinajstić information content (AvgIpc) is 2.38. The minimum Gasteiger partial charge on any atom is -0.480 e. The maximum Gasteiger partial charge on any atom is 0.317 e. The van der Waals surface area contributed by atoms with Crippen molar-refractivity contribution in [3.8, 4) is 6.07 Å². The second-order valence-corrected chi connectivity index (χ2v) is 4.63. The van der Waals surface area contributed by atoms with Crippen LogP contribution in [-0.4, -0.2) is 58.7 Å². The monoisotopic (exact) mass is 281 g/mol. The predicted molar refractivity (Wildman–Crippen MR) is 70.3 cm³/mol. The molecule has 0 bridgehead atoms. The third-order valence-corrected chi connectivity index (χ3v) is 3.12. The van der Waals surface area contributed by atoms with Crippen LogP contribution in [-0.2, 0) is 14.4 Å². The Labute approximate surface area is 118 Å². The Morgan fingerprint density at radius 2 is 2.30 bits per heavy atom. The molecule has 1 N–H and O–H groups in total. The molecule has 0 aromatic heterocycles. The summed E-state index contributed by atoms with van der Waals surface area (Å²) in [6.45, 7) is 5.20. The molecule has 0 aromatic rings. The van der Waals surface area contributed by atoms with Gasteiger partial charge in [-0.25, -0.2) is 5.06 Å². The van der Waals surface area contributed by atoms with Crippen molar-refractivity contribution in [2.75, 3.05) is 19.7 Å². The quantitative estimate of drug-likeness (QED) is 0.559. The van der Waals surface area contributed by atoms with Crippen LogP contribution in [0.3, 0.4) is 0 Å². The number of carboxylic acid groups (broad SMARTS) is 1. The first-order chi connectivity index (χ1) is 9.49. The smallest absolute Gasteiger partial charge is 0.317 e. The summed E-state index contributed by atoms with van der Waals surface area (Å²) in [6.07, 6.45) is 2.65. The van der Waals surface area contributed by atoms with Gasteiger partial charge in [-0.05, 0) is 12.8 Å². The lowest BCUT2D eigenvalue weighted by molar-refractivity contribution is -0.199. The van der Waals surface area contributed by atoms with Crippen molar-refractivity contribution in [1.82, 2.24) is 9.96 Å². The molecule has 7 heteroatoms. The van der Waals surface area contributed by atoms with E-state index in [1.807, 2.05) is 0 Å². The molecular formula is C13H19N3O4. The molecule has 2 atom stereocenters. The average molecular weight is 281 g/mol. The Morgan fingerprint density at radius 1 is 1.60 bits per heavy atom. The molecule has 0 aliphatic carbocycles. The number of hydrogen-bond donors (Lipinski definition) is 1. The number of nitriles is 1. The number of carbonyl (C=O) groups excluding carboxylic acids is 1. The second-order valence-electron chi connectivity index (χ2n) is 4.63. The second kappa shape index (κ2) is 7.62. The predicted octanol–water partition coefficient (Wildman–Crippen LogP) is 0.394. The highest BCUT2D eigenvalue weighted by Crippen LogP contribution is 2.21. The van der Waals surface area contributed by atoms with E-state index in [0.717, 1.165) is 0 Å². The van der Waals surface area contributed by atoms with E-state index in [4.69, 9.17) is 15.2 Å². The van der Waals surface area contributed by atoms with Gasteiger partial charge in [0.25, 0.3) is 0 Å². The number of likely N-dealkylation sites (tertiary alicyclic amines) is 1. The van der Waals surface area contributed by atoms with Crippen molar-refractivity contribution in [3.05, 3.63) is 12.7 Å². The number of aliphatic carboxylic acids is 1. The van der Waals surface area contributed by atoms with Gasteiger partial charge in [0, 0.05) is 13.5 Å². The number of hydroxylamine groups is 2. The van der Waals surface area contributed by atoms with E-state index in [1.54, 1.807) is 4.90 Å². The van der Waals surface area contributed by atoms with Gasteiger partial charge in [0.2, 0.25) is 5.91 Å². The van der Waals surface area contributed by atoms with Gasteiger partial charge in [-0.1, -0.05) is 6.08 Å². The standard InChI is InChI=1S/C13H19N3O4/c1-3-6-20-16(10(2)17)12-5-4-11(7-14)15(8-12)9-13(18)19/h3,11-12H,1,4-6,8-9H2,2H3,(H,18,19). The van der Waals surface area contributed by atoms with E-state index in [2.05, 4.69) is 12.6 Å².